The molecule has 5 nitrogen and oxygen atoms in total. The average molecular weight is 1050 g/mol. The second-order valence-electron chi connectivity index (χ2n) is 15.2. The van der Waals surface area contributed by atoms with E-state index < -0.39 is 21.8 Å². The Kier molecular flexibility index (Phi) is 15.3. The van der Waals surface area contributed by atoms with Crippen LogP contribution in [0.2, 0.25) is 0 Å². The van der Waals surface area contributed by atoms with E-state index in [1.165, 1.54) is 27.1 Å². The molecule has 0 saturated carbocycles. The van der Waals surface area contributed by atoms with Crippen molar-refractivity contribution < 1.29 is 30.0 Å². The van der Waals surface area contributed by atoms with E-state index in [0.29, 0.717) is 0 Å². The fraction of sp³-hybridized carbons (Fsp3) is 0.442. The molecule has 1 aromatic heterocycles. The van der Waals surface area contributed by atoms with Gasteiger partial charge >= 0.3 is 212 Å². The van der Waals surface area contributed by atoms with E-state index in [-0.39, 0.29) is 54.3 Å². The molecule has 0 amide bonds. The molecule has 269 valence electrons. The van der Waals surface area contributed by atoms with Crippen LogP contribution in [0, 0.1) is 23.3 Å². The molecule has 0 aliphatic carbocycles. The largest absolute Gasteiger partial charge is 0.512 e. The minimum absolute atomic E-state index is 0. The summed E-state index contributed by atoms with van der Waals surface area (Å²) in [6, 6.07) is 25.4. The van der Waals surface area contributed by atoms with E-state index in [0.717, 1.165) is 54.4 Å². The van der Waals surface area contributed by atoms with Gasteiger partial charge in [-0.3, -0.25) is 4.79 Å². The van der Waals surface area contributed by atoms with Crippen molar-refractivity contribution in [2.75, 3.05) is 0 Å². The zero-order valence-electron chi connectivity index (χ0n) is 31.6. The quantitative estimate of drug-likeness (QED) is 0.0744. The van der Waals surface area contributed by atoms with Crippen LogP contribution in [-0.2, 0) is 30.3 Å². The average Bonchev–Trinajstić information content (AvgIpc) is 3.42. The van der Waals surface area contributed by atoms with Crippen LogP contribution in [0.25, 0.3) is 22.0 Å². The zero-order chi connectivity index (χ0) is 35.9. The first-order valence-electron chi connectivity index (χ1n) is 17.9. The Morgan fingerprint density at radius 1 is 0.860 bits per heavy atom. The molecular formula is C43H55BiIrN3O2-. The Hall–Kier alpha value is -2.59. The number of aliphatic hydroxyl groups is 1. The number of ketones is 1. The van der Waals surface area contributed by atoms with Gasteiger partial charge in [-0.2, -0.15) is 0 Å². The minimum Gasteiger partial charge on any atom is -0.512 e. The van der Waals surface area contributed by atoms with Gasteiger partial charge in [0.05, 0.1) is 5.76 Å². The third-order valence-corrected chi connectivity index (χ3v) is 18.2. The molecule has 2 heterocycles. The van der Waals surface area contributed by atoms with Crippen LogP contribution in [0.1, 0.15) is 107 Å². The number of benzene rings is 3. The molecule has 1 radical (unpaired) electrons. The summed E-state index contributed by atoms with van der Waals surface area (Å²) in [7, 11) is 0. The molecule has 50 heavy (non-hydrogen) atoms. The molecule has 1 N–H and O–H groups in total. The predicted molar refractivity (Wildman–Crippen MR) is 209 cm³/mol. The predicted octanol–water partition coefficient (Wildman–Crippen LogP) is 9.93. The fourth-order valence-electron chi connectivity index (χ4n) is 6.33. The van der Waals surface area contributed by atoms with Crippen molar-refractivity contribution >= 4 is 54.1 Å². The Labute approximate surface area is 322 Å². The minimum atomic E-state index is -2.54. The van der Waals surface area contributed by atoms with Gasteiger partial charge in [0.2, 0.25) is 0 Å². The number of hydrogen-bond acceptors (Lipinski definition) is 5. The molecule has 3 aromatic carbocycles. The van der Waals surface area contributed by atoms with E-state index in [2.05, 4.69) is 108 Å². The first-order chi connectivity index (χ1) is 23.2. The van der Waals surface area contributed by atoms with Crippen molar-refractivity contribution in [3.8, 4) is 11.3 Å². The summed E-state index contributed by atoms with van der Waals surface area (Å²) in [6.45, 7) is 21.8. The molecular weight excluding hydrogens is 992 g/mol. The molecule has 4 aromatic rings. The van der Waals surface area contributed by atoms with Gasteiger partial charge < -0.3 is 5.11 Å². The fourth-order valence-corrected chi connectivity index (χ4v) is 16.5. The van der Waals surface area contributed by atoms with Crippen LogP contribution in [-0.4, -0.2) is 46.0 Å². The monoisotopic (exact) mass is 1050 g/mol. The van der Waals surface area contributed by atoms with Crippen LogP contribution < -0.4 is 6.67 Å². The Bertz CT molecular complexity index is 1800. The molecule has 0 fully saturated rings. The van der Waals surface area contributed by atoms with Gasteiger partial charge in [0, 0.05) is 38.0 Å². The normalized spacial score (nSPS) is 13.5. The van der Waals surface area contributed by atoms with E-state index in [1.807, 2.05) is 27.7 Å². The maximum absolute atomic E-state index is 11.7. The molecule has 0 atom stereocenters. The first-order valence-corrected chi connectivity index (χ1v) is 23.1. The number of rotatable bonds is 10. The Balaban J connectivity index is 0.000000361. The number of aliphatic hydroxyl groups excluding tert-OH is 1. The molecule has 7 heteroatoms. The van der Waals surface area contributed by atoms with Crippen molar-refractivity contribution in [3.63, 3.8) is 0 Å². The van der Waals surface area contributed by atoms with Gasteiger partial charge in [0.15, 0.2) is 5.78 Å². The summed E-state index contributed by atoms with van der Waals surface area (Å²) in [5, 5.41) is 12.1. The Morgan fingerprint density at radius 2 is 1.46 bits per heavy atom. The topological polar surface area (TPSA) is 75.4 Å². The number of aliphatic imine (C=N–C) groups is 1. The summed E-state index contributed by atoms with van der Waals surface area (Å²) in [4.78, 5) is 26.7. The van der Waals surface area contributed by atoms with Gasteiger partial charge in [-0.1, -0.05) is 27.7 Å². The Morgan fingerprint density at radius 3 is 2.04 bits per heavy atom. The molecule has 0 unspecified atom stereocenters. The number of aromatic nitrogens is 2. The van der Waals surface area contributed by atoms with Crippen molar-refractivity contribution in [2.45, 2.75) is 107 Å². The summed E-state index contributed by atoms with van der Waals surface area (Å²) in [5.41, 5.74) is 4.40. The summed E-state index contributed by atoms with van der Waals surface area (Å²) >= 11 is -2.54. The van der Waals surface area contributed by atoms with E-state index in [1.54, 1.807) is 6.33 Å². The number of allylic oxidation sites excluding steroid dienone is 2. The second kappa shape index (κ2) is 18.3. The second-order valence-corrected chi connectivity index (χ2v) is 23.5. The third kappa shape index (κ3) is 10.3. The molecule has 0 bridgehead atoms. The number of carbonyl (C=O) groups excluding carboxylic acids is 1. The van der Waals surface area contributed by atoms with Gasteiger partial charge in [-0.25, -0.2) is 0 Å². The van der Waals surface area contributed by atoms with Crippen LogP contribution in [0.5, 0.6) is 0 Å². The number of fused-ring (bicyclic) bond motifs is 2. The molecule has 1 aliphatic rings. The van der Waals surface area contributed by atoms with Crippen molar-refractivity contribution in [2.24, 2.45) is 22.2 Å². The maximum Gasteiger partial charge on any atom is 0.162 e. The smallest absolute Gasteiger partial charge is 0.162 e. The zero-order valence-corrected chi connectivity index (χ0v) is 37.5. The van der Waals surface area contributed by atoms with Gasteiger partial charge in [-0.05, 0) is 25.7 Å². The van der Waals surface area contributed by atoms with Gasteiger partial charge in [-0.15, -0.1) is 0 Å². The van der Waals surface area contributed by atoms with Crippen LogP contribution in [0.4, 0.5) is 5.69 Å². The molecule has 0 spiro atoms. The first kappa shape index (κ1) is 41.8. The van der Waals surface area contributed by atoms with Crippen molar-refractivity contribution in [3.05, 3.63) is 90.5 Å². The summed E-state index contributed by atoms with van der Waals surface area (Å²) in [5.74, 6) is 0.547. The molecule has 5 rings (SSSR count). The SMILES string of the molecule is CC(C)(C)C[C]1=Nc2c(-c3[c-]c4ccccc4c(C(C)(C)C)c3)ncn[c]2[Bi]1[c]1ccccc1.CCC(CC)C(=O)/C=C(\O)C(CC)CC.[Ir]. The summed E-state index contributed by atoms with van der Waals surface area (Å²) in [6.07, 6.45) is 7.64. The number of nitrogens with zero attached hydrogens (tertiary/aromatic N) is 3. The molecule has 0 saturated heterocycles. The summed E-state index contributed by atoms with van der Waals surface area (Å²) < 4.78 is 3.99. The molecule has 1 aliphatic heterocycles. The number of carbonyl (C=O) groups is 1. The third-order valence-electron chi connectivity index (χ3n) is 9.14. The van der Waals surface area contributed by atoms with Crippen LogP contribution in [0.3, 0.4) is 0 Å². The van der Waals surface area contributed by atoms with E-state index >= 15 is 0 Å². The van der Waals surface area contributed by atoms with E-state index in [9.17, 15) is 9.90 Å². The van der Waals surface area contributed by atoms with Crippen LogP contribution >= 0.6 is 0 Å². The van der Waals surface area contributed by atoms with Gasteiger partial charge in [0.25, 0.3) is 0 Å². The van der Waals surface area contributed by atoms with Crippen molar-refractivity contribution in [1.82, 2.24) is 9.97 Å². The van der Waals surface area contributed by atoms with Crippen LogP contribution in [0.15, 0.2) is 83.8 Å². The van der Waals surface area contributed by atoms with Gasteiger partial charge in [0.1, 0.15) is 0 Å². The van der Waals surface area contributed by atoms with Crippen molar-refractivity contribution in [1.29, 1.82) is 0 Å². The maximum atomic E-state index is 11.7. The standard InChI is InChI=1S/C24H26N3.C13H24O2.C6H5.Bi.Ir/c1-23(2,3)11-12-26-21-15-25-16-27-22(21)18-13-17-9-7-8-10-19(17)20(14-18)24(4,5)6;1-5-10(6-2)12(14)9-13(15)11(7-3)8-4;1-2-4-6-5-3-1;;/h7-10,14,16H,11H2,1-6H3;9-11,14H,5-8H2,1-4H3;1-5H;;/q-1;;;;/b;12-9-;;;. The van der Waals surface area contributed by atoms with E-state index in [4.69, 9.17) is 15.0 Å². The number of hydrogen-bond donors (Lipinski definition) is 1.